The Kier molecular flexibility index (Phi) is 2.90. The third-order valence-corrected chi connectivity index (χ3v) is 4.18. The van der Waals surface area contributed by atoms with Gasteiger partial charge in [0, 0.05) is 11.4 Å². The molecule has 1 aliphatic carbocycles. The molecule has 96 valence electrons. The largest absolute Gasteiger partial charge is 0.459 e. The van der Waals surface area contributed by atoms with Crippen molar-refractivity contribution >= 4 is 11.0 Å². The van der Waals surface area contributed by atoms with Gasteiger partial charge in [0.2, 0.25) is 0 Å². The Labute approximate surface area is 108 Å². The Morgan fingerprint density at radius 2 is 2.17 bits per heavy atom. The number of benzene rings is 1. The second-order valence-corrected chi connectivity index (χ2v) is 5.49. The van der Waals surface area contributed by atoms with Gasteiger partial charge in [-0.25, -0.2) is 0 Å². The van der Waals surface area contributed by atoms with Gasteiger partial charge in [-0.2, -0.15) is 0 Å². The van der Waals surface area contributed by atoms with E-state index >= 15 is 0 Å². The lowest BCUT2D eigenvalue weighted by molar-refractivity contribution is 0.437. The van der Waals surface area contributed by atoms with Gasteiger partial charge in [-0.05, 0) is 37.8 Å². The Bertz CT molecular complexity index is 557. The molecule has 1 aromatic carbocycles. The summed E-state index contributed by atoms with van der Waals surface area (Å²) in [5, 5.41) is 4.92. The highest BCUT2D eigenvalue weighted by molar-refractivity contribution is 5.82. The molecule has 2 heteroatoms. The summed E-state index contributed by atoms with van der Waals surface area (Å²) in [5.41, 5.74) is 2.28. The zero-order valence-corrected chi connectivity index (χ0v) is 11.4. The molecule has 0 aliphatic heterocycles. The van der Waals surface area contributed by atoms with Crippen molar-refractivity contribution in [3.05, 3.63) is 35.6 Å². The van der Waals surface area contributed by atoms with Crippen LogP contribution in [0.1, 0.15) is 44.1 Å². The SMILES string of the molecule is CCC1CC1NC(C)c1oc2ccccc2c1C. The topological polar surface area (TPSA) is 25.2 Å². The minimum absolute atomic E-state index is 0.305. The van der Waals surface area contributed by atoms with Crippen LogP contribution < -0.4 is 5.32 Å². The van der Waals surface area contributed by atoms with Gasteiger partial charge in [0.25, 0.3) is 0 Å². The first kappa shape index (κ1) is 11.8. The van der Waals surface area contributed by atoms with Crippen LogP contribution in [0.4, 0.5) is 0 Å². The van der Waals surface area contributed by atoms with Gasteiger partial charge in [0.05, 0.1) is 6.04 Å². The quantitative estimate of drug-likeness (QED) is 0.871. The number of nitrogens with one attached hydrogen (secondary N) is 1. The van der Waals surface area contributed by atoms with Crippen LogP contribution >= 0.6 is 0 Å². The second-order valence-electron chi connectivity index (χ2n) is 5.49. The lowest BCUT2D eigenvalue weighted by Crippen LogP contribution is -2.22. The highest BCUT2D eigenvalue weighted by atomic mass is 16.3. The number of hydrogen-bond donors (Lipinski definition) is 1. The summed E-state index contributed by atoms with van der Waals surface area (Å²) in [6.45, 7) is 6.63. The van der Waals surface area contributed by atoms with Gasteiger partial charge in [-0.15, -0.1) is 0 Å². The zero-order chi connectivity index (χ0) is 12.7. The van der Waals surface area contributed by atoms with Crippen LogP contribution in [-0.4, -0.2) is 6.04 Å². The summed E-state index contributed by atoms with van der Waals surface area (Å²) in [6.07, 6.45) is 2.60. The van der Waals surface area contributed by atoms with Crippen molar-refractivity contribution in [3.63, 3.8) is 0 Å². The molecular weight excluding hydrogens is 222 g/mol. The maximum atomic E-state index is 6.00. The van der Waals surface area contributed by atoms with Gasteiger partial charge in [-0.1, -0.05) is 31.5 Å². The van der Waals surface area contributed by atoms with E-state index in [4.69, 9.17) is 4.42 Å². The number of fused-ring (bicyclic) bond motifs is 1. The molecule has 1 saturated carbocycles. The summed E-state index contributed by atoms with van der Waals surface area (Å²) in [5.74, 6) is 1.97. The van der Waals surface area contributed by atoms with Gasteiger partial charge in [-0.3, -0.25) is 0 Å². The molecule has 1 aliphatic rings. The number of furan rings is 1. The smallest absolute Gasteiger partial charge is 0.134 e. The molecule has 1 aromatic heterocycles. The summed E-state index contributed by atoms with van der Waals surface area (Å²) in [6, 6.07) is 9.28. The minimum atomic E-state index is 0.305. The van der Waals surface area contributed by atoms with E-state index in [1.807, 2.05) is 12.1 Å². The molecule has 0 spiro atoms. The van der Waals surface area contributed by atoms with E-state index in [9.17, 15) is 0 Å². The van der Waals surface area contributed by atoms with E-state index < -0.39 is 0 Å². The van der Waals surface area contributed by atoms with Crippen LogP contribution in [0.5, 0.6) is 0 Å². The molecular formula is C16H21NO. The molecule has 0 amide bonds. The van der Waals surface area contributed by atoms with Crippen molar-refractivity contribution in [2.45, 2.75) is 45.7 Å². The number of hydrogen-bond acceptors (Lipinski definition) is 2. The molecule has 3 unspecified atom stereocenters. The molecule has 2 aromatic rings. The van der Waals surface area contributed by atoms with Crippen LogP contribution in [0.15, 0.2) is 28.7 Å². The molecule has 1 N–H and O–H groups in total. The van der Waals surface area contributed by atoms with Crippen LogP contribution in [-0.2, 0) is 0 Å². The first-order valence-corrected chi connectivity index (χ1v) is 6.94. The molecule has 0 radical (unpaired) electrons. The normalized spacial score (nSPS) is 24.4. The monoisotopic (exact) mass is 243 g/mol. The third kappa shape index (κ3) is 1.95. The van der Waals surface area contributed by atoms with E-state index in [0.717, 1.165) is 17.3 Å². The van der Waals surface area contributed by atoms with E-state index in [1.54, 1.807) is 0 Å². The Morgan fingerprint density at radius 1 is 1.39 bits per heavy atom. The lowest BCUT2D eigenvalue weighted by Gasteiger charge is -2.12. The van der Waals surface area contributed by atoms with E-state index in [-0.39, 0.29) is 0 Å². The predicted molar refractivity (Wildman–Crippen MR) is 74.7 cm³/mol. The molecule has 18 heavy (non-hydrogen) atoms. The molecule has 3 rings (SSSR count). The van der Waals surface area contributed by atoms with Crippen LogP contribution in [0.25, 0.3) is 11.0 Å². The van der Waals surface area contributed by atoms with Crippen LogP contribution in [0.2, 0.25) is 0 Å². The van der Waals surface area contributed by atoms with Crippen molar-refractivity contribution in [1.29, 1.82) is 0 Å². The molecule has 0 bridgehead atoms. The summed E-state index contributed by atoms with van der Waals surface area (Å²) < 4.78 is 6.00. The van der Waals surface area contributed by atoms with Gasteiger partial charge < -0.3 is 9.73 Å². The fourth-order valence-corrected chi connectivity index (χ4v) is 2.91. The summed E-state index contributed by atoms with van der Waals surface area (Å²) in [4.78, 5) is 0. The molecule has 0 saturated heterocycles. The van der Waals surface area contributed by atoms with Gasteiger partial charge >= 0.3 is 0 Å². The second kappa shape index (κ2) is 4.43. The number of para-hydroxylation sites is 1. The Balaban J connectivity index is 1.83. The van der Waals surface area contributed by atoms with Crippen LogP contribution in [0, 0.1) is 12.8 Å². The van der Waals surface area contributed by atoms with Crippen molar-refractivity contribution in [2.24, 2.45) is 5.92 Å². The van der Waals surface area contributed by atoms with Crippen molar-refractivity contribution < 1.29 is 4.42 Å². The summed E-state index contributed by atoms with van der Waals surface area (Å²) in [7, 11) is 0. The fourth-order valence-electron chi connectivity index (χ4n) is 2.91. The zero-order valence-electron chi connectivity index (χ0n) is 11.4. The van der Waals surface area contributed by atoms with Crippen LogP contribution in [0.3, 0.4) is 0 Å². The molecule has 3 atom stereocenters. The minimum Gasteiger partial charge on any atom is -0.459 e. The Hall–Kier alpha value is -1.28. The highest BCUT2D eigenvalue weighted by Crippen LogP contribution is 2.36. The summed E-state index contributed by atoms with van der Waals surface area (Å²) >= 11 is 0. The maximum Gasteiger partial charge on any atom is 0.134 e. The van der Waals surface area contributed by atoms with Gasteiger partial charge in [0.1, 0.15) is 11.3 Å². The van der Waals surface area contributed by atoms with E-state index in [2.05, 4.69) is 38.2 Å². The lowest BCUT2D eigenvalue weighted by atomic mass is 10.1. The first-order valence-electron chi connectivity index (χ1n) is 6.94. The Morgan fingerprint density at radius 3 is 2.83 bits per heavy atom. The van der Waals surface area contributed by atoms with Gasteiger partial charge in [0.15, 0.2) is 0 Å². The molecule has 2 nitrogen and oxygen atoms in total. The predicted octanol–water partition coefficient (Wildman–Crippen LogP) is 4.19. The number of aryl methyl sites for hydroxylation is 1. The van der Waals surface area contributed by atoms with Crippen molar-refractivity contribution in [3.8, 4) is 0 Å². The highest BCUT2D eigenvalue weighted by Gasteiger charge is 2.36. The fraction of sp³-hybridized carbons (Fsp3) is 0.500. The van der Waals surface area contributed by atoms with E-state index in [0.29, 0.717) is 12.1 Å². The average molecular weight is 243 g/mol. The maximum absolute atomic E-state index is 6.00. The standard InChI is InChI=1S/C16H21NO/c1-4-12-9-14(12)17-11(3)16-10(2)13-7-5-6-8-15(13)18-16/h5-8,11-12,14,17H,4,9H2,1-3H3. The van der Waals surface area contributed by atoms with Crippen molar-refractivity contribution in [1.82, 2.24) is 5.32 Å². The molecule has 1 heterocycles. The third-order valence-electron chi connectivity index (χ3n) is 4.18. The first-order chi connectivity index (χ1) is 8.70. The van der Waals surface area contributed by atoms with Crippen molar-refractivity contribution in [2.75, 3.05) is 0 Å². The van der Waals surface area contributed by atoms with E-state index in [1.165, 1.54) is 23.8 Å². The number of rotatable bonds is 4. The average Bonchev–Trinajstić information content (AvgIpc) is 3.05. The molecule has 1 fully saturated rings.